The molecule has 0 saturated carbocycles. The number of nitrogens with one attached hydrogen (secondary N) is 2. The third-order valence-corrected chi connectivity index (χ3v) is 5.60. The van der Waals surface area contributed by atoms with Crippen LogP contribution < -0.4 is 20.1 Å². The maximum atomic E-state index is 5.70. The van der Waals surface area contributed by atoms with E-state index < -0.39 is 0 Å². The monoisotopic (exact) mass is 428 g/mol. The van der Waals surface area contributed by atoms with Gasteiger partial charge in [0.1, 0.15) is 5.76 Å². The predicted molar refractivity (Wildman–Crippen MR) is 124 cm³/mol. The first-order valence-corrected chi connectivity index (χ1v) is 11.3. The van der Waals surface area contributed by atoms with Gasteiger partial charge in [0.05, 0.1) is 26.0 Å². The molecule has 0 radical (unpaired) electrons. The fourth-order valence-corrected chi connectivity index (χ4v) is 4.00. The highest BCUT2D eigenvalue weighted by Gasteiger charge is 2.25. The number of nitrogens with zero attached hydrogens (tertiary/aromatic N) is 2. The molecule has 1 aliphatic rings. The van der Waals surface area contributed by atoms with Crippen LogP contribution in [0.25, 0.3) is 0 Å². The van der Waals surface area contributed by atoms with Crippen LogP contribution in [-0.2, 0) is 6.42 Å². The second-order valence-corrected chi connectivity index (χ2v) is 7.68. The standard InChI is InChI=1S/C24H36N4O3/c1-4-30-23-17-19(11-12-22(23)29-3)9-7-13-26-24(25-2)27-18-20(21-10-8-16-31-21)28-14-5-6-15-28/h8,10-12,16-17,20H,4-7,9,13-15,18H2,1-3H3,(H2,25,26,27). The maximum absolute atomic E-state index is 5.70. The van der Waals surface area contributed by atoms with Crippen LogP contribution in [0.2, 0.25) is 0 Å². The number of rotatable bonds is 11. The van der Waals surface area contributed by atoms with Crippen molar-refractivity contribution >= 4 is 5.96 Å². The summed E-state index contributed by atoms with van der Waals surface area (Å²) in [7, 11) is 3.48. The molecule has 1 fully saturated rings. The first kappa shape index (κ1) is 23.0. The molecule has 1 saturated heterocycles. The molecule has 7 nitrogen and oxygen atoms in total. The van der Waals surface area contributed by atoms with Gasteiger partial charge in [-0.2, -0.15) is 0 Å². The molecule has 2 aromatic rings. The fourth-order valence-electron chi connectivity index (χ4n) is 4.00. The molecule has 0 aliphatic carbocycles. The molecule has 2 heterocycles. The van der Waals surface area contributed by atoms with Gasteiger partial charge in [0, 0.05) is 20.1 Å². The van der Waals surface area contributed by atoms with Gasteiger partial charge >= 0.3 is 0 Å². The Kier molecular flexibility index (Phi) is 9.09. The molecule has 31 heavy (non-hydrogen) atoms. The van der Waals surface area contributed by atoms with Crippen molar-refractivity contribution in [3.8, 4) is 11.5 Å². The second kappa shape index (κ2) is 12.2. The lowest BCUT2D eigenvalue weighted by molar-refractivity contribution is 0.215. The van der Waals surface area contributed by atoms with Crippen molar-refractivity contribution in [1.29, 1.82) is 0 Å². The zero-order valence-electron chi connectivity index (χ0n) is 19.0. The highest BCUT2D eigenvalue weighted by molar-refractivity contribution is 5.79. The van der Waals surface area contributed by atoms with Gasteiger partial charge in [0.2, 0.25) is 0 Å². The molecule has 0 bridgehead atoms. The van der Waals surface area contributed by atoms with Crippen molar-refractivity contribution in [1.82, 2.24) is 15.5 Å². The molecule has 3 rings (SSSR count). The van der Waals surface area contributed by atoms with Crippen molar-refractivity contribution in [3.63, 3.8) is 0 Å². The van der Waals surface area contributed by atoms with Crippen molar-refractivity contribution < 1.29 is 13.9 Å². The molecule has 170 valence electrons. The van der Waals surface area contributed by atoms with E-state index in [0.717, 1.165) is 62.2 Å². The minimum absolute atomic E-state index is 0.229. The van der Waals surface area contributed by atoms with E-state index in [1.54, 1.807) is 13.4 Å². The number of likely N-dealkylation sites (tertiary alicyclic amines) is 1. The molecule has 1 unspecified atom stereocenters. The summed E-state index contributed by atoms with van der Waals surface area (Å²) in [5, 5.41) is 6.90. The smallest absolute Gasteiger partial charge is 0.191 e. The lowest BCUT2D eigenvalue weighted by atomic mass is 10.1. The van der Waals surface area contributed by atoms with Gasteiger partial charge in [-0.25, -0.2) is 0 Å². The van der Waals surface area contributed by atoms with Crippen LogP contribution >= 0.6 is 0 Å². The third kappa shape index (κ3) is 6.66. The summed E-state index contributed by atoms with van der Waals surface area (Å²) >= 11 is 0. The van der Waals surface area contributed by atoms with Gasteiger partial charge in [-0.3, -0.25) is 9.89 Å². The SMILES string of the molecule is CCOc1cc(CCCNC(=NC)NCC(c2ccco2)N2CCCC2)ccc1OC. The Morgan fingerprint density at radius 2 is 2.03 bits per heavy atom. The average molecular weight is 429 g/mol. The minimum Gasteiger partial charge on any atom is -0.493 e. The fraction of sp³-hybridized carbons (Fsp3) is 0.542. The molecule has 7 heteroatoms. The Balaban J connectivity index is 1.45. The molecule has 1 aromatic heterocycles. The van der Waals surface area contributed by atoms with Gasteiger partial charge in [0.25, 0.3) is 0 Å². The quantitative estimate of drug-likeness (QED) is 0.324. The third-order valence-electron chi connectivity index (χ3n) is 5.60. The summed E-state index contributed by atoms with van der Waals surface area (Å²) in [5.41, 5.74) is 1.24. The summed E-state index contributed by atoms with van der Waals surface area (Å²) in [5.74, 6) is 3.41. The lowest BCUT2D eigenvalue weighted by Crippen LogP contribution is -2.42. The van der Waals surface area contributed by atoms with E-state index in [4.69, 9.17) is 13.9 Å². The molecule has 1 aliphatic heterocycles. The van der Waals surface area contributed by atoms with Gasteiger partial charge in [-0.1, -0.05) is 6.07 Å². The molecule has 2 N–H and O–H groups in total. The first-order chi connectivity index (χ1) is 15.2. The summed E-state index contributed by atoms with van der Waals surface area (Å²) in [6, 6.07) is 10.4. The number of guanidine groups is 1. The maximum Gasteiger partial charge on any atom is 0.191 e. The van der Waals surface area contributed by atoms with Crippen LogP contribution in [0.5, 0.6) is 11.5 Å². The van der Waals surface area contributed by atoms with Crippen LogP contribution in [-0.4, -0.2) is 57.8 Å². The Hall–Kier alpha value is -2.67. The number of methoxy groups -OCH3 is 1. The van der Waals surface area contributed by atoms with E-state index in [0.29, 0.717) is 6.61 Å². The van der Waals surface area contributed by atoms with E-state index in [-0.39, 0.29) is 6.04 Å². The van der Waals surface area contributed by atoms with E-state index in [1.807, 2.05) is 26.1 Å². The molecule has 1 atom stereocenters. The molecular weight excluding hydrogens is 392 g/mol. The molecule has 0 spiro atoms. The molecule has 0 amide bonds. The van der Waals surface area contributed by atoms with Crippen molar-refractivity contribution in [2.45, 2.75) is 38.6 Å². The van der Waals surface area contributed by atoms with E-state index >= 15 is 0 Å². The van der Waals surface area contributed by atoms with E-state index in [9.17, 15) is 0 Å². The molecule has 1 aromatic carbocycles. The zero-order chi connectivity index (χ0) is 21.9. The molecular formula is C24H36N4O3. The number of furan rings is 1. The van der Waals surface area contributed by atoms with Crippen LogP contribution in [0.3, 0.4) is 0 Å². The van der Waals surface area contributed by atoms with Gasteiger partial charge in [0.15, 0.2) is 17.5 Å². The highest BCUT2D eigenvalue weighted by Crippen LogP contribution is 2.28. The van der Waals surface area contributed by atoms with Gasteiger partial charge in [-0.05, 0) is 75.5 Å². The average Bonchev–Trinajstić information content (AvgIpc) is 3.51. The number of ether oxygens (including phenoxy) is 2. The Morgan fingerprint density at radius 3 is 2.71 bits per heavy atom. The summed E-state index contributed by atoms with van der Waals surface area (Å²) in [4.78, 5) is 6.87. The van der Waals surface area contributed by atoms with Gasteiger partial charge in [-0.15, -0.1) is 0 Å². The normalized spacial score (nSPS) is 15.6. The number of hydrogen-bond donors (Lipinski definition) is 2. The van der Waals surface area contributed by atoms with Crippen LogP contribution in [0.1, 0.15) is 43.6 Å². The van der Waals surface area contributed by atoms with Crippen LogP contribution in [0.4, 0.5) is 0 Å². The summed E-state index contributed by atoms with van der Waals surface area (Å²) < 4.78 is 16.7. The van der Waals surface area contributed by atoms with Crippen molar-refractivity contribution in [2.75, 3.05) is 46.9 Å². The number of aliphatic imine (C=N–C) groups is 1. The van der Waals surface area contributed by atoms with Crippen molar-refractivity contribution in [2.24, 2.45) is 4.99 Å². The number of hydrogen-bond acceptors (Lipinski definition) is 5. The minimum atomic E-state index is 0.229. The Morgan fingerprint density at radius 1 is 1.19 bits per heavy atom. The van der Waals surface area contributed by atoms with E-state index in [1.165, 1.54) is 18.4 Å². The van der Waals surface area contributed by atoms with E-state index in [2.05, 4.69) is 38.7 Å². The Bertz CT molecular complexity index is 801. The number of aryl methyl sites for hydroxylation is 1. The topological polar surface area (TPSA) is 71.3 Å². The van der Waals surface area contributed by atoms with Gasteiger partial charge < -0.3 is 24.5 Å². The van der Waals surface area contributed by atoms with Crippen LogP contribution in [0, 0.1) is 0 Å². The van der Waals surface area contributed by atoms with Crippen LogP contribution in [0.15, 0.2) is 46.0 Å². The predicted octanol–water partition coefficient (Wildman–Crippen LogP) is 3.62. The Labute approximate surface area is 185 Å². The van der Waals surface area contributed by atoms with Crippen molar-refractivity contribution in [3.05, 3.63) is 47.9 Å². The number of benzene rings is 1. The largest absolute Gasteiger partial charge is 0.493 e. The summed E-state index contributed by atoms with van der Waals surface area (Å²) in [6.45, 7) is 6.44. The first-order valence-electron chi connectivity index (χ1n) is 11.3. The summed E-state index contributed by atoms with van der Waals surface area (Å²) in [6.07, 6.45) is 6.20. The zero-order valence-corrected chi connectivity index (χ0v) is 19.0. The second-order valence-electron chi connectivity index (χ2n) is 7.68. The lowest BCUT2D eigenvalue weighted by Gasteiger charge is -2.26. The highest BCUT2D eigenvalue weighted by atomic mass is 16.5.